The van der Waals surface area contributed by atoms with Crippen LogP contribution in [0.5, 0.6) is 0 Å². The van der Waals surface area contributed by atoms with E-state index in [4.69, 9.17) is 0 Å². The Balaban J connectivity index is 1.80. The second kappa shape index (κ2) is 6.47. The quantitative estimate of drug-likeness (QED) is 0.691. The fraction of sp³-hybridized carbons (Fsp3) is 0.875. The molecule has 0 heterocycles. The van der Waals surface area contributed by atoms with Crippen LogP contribution in [0.4, 0.5) is 0 Å². The molecule has 18 heavy (non-hydrogen) atoms. The summed E-state index contributed by atoms with van der Waals surface area (Å²) in [6.45, 7) is 8.18. The van der Waals surface area contributed by atoms with Crippen LogP contribution >= 0.6 is 0 Å². The third-order valence-corrected chi connectivity index (χ3v) is 7.18. The fourth-order valence-corrected chi connectivity index (χ4v) is 5.32. The van der Waals surface area contributed by atoms with Gasteiger partial charge in [0.25, 0.3) is 0 Å². The SMILES string of the molecule is C=[C](C)[Co](=[O])[CH]1CCC(C2CCC(C)CC2)CC1. The molecule has 2 fully saturated rings. The molecular formula is C16H28CoO. The van der Waals surface area contributed by atoms with Crippen molar-refractivity contribution in [1.82, 2.24) is 0 Å². The summed E-state index contributed by atoms with van der Waals surface area (Å²) in [6.07, 6.45) is 10.8. The maximum atomic E-state index is 12.1. The molecule has 0 aromatic carbocycles. The van der Waals surface area contributed by atoms with Crippen LogP contribution in [-0.2, 0) is 17.5 Å². The Morgan fingerprint density at radius 1 is 0.944 bits per heavy atom. The number of hydrogen-bond acceptors (Lipinski definition) is 1. The van der Waals surface area contributed by atoms with Crippen LogP contribution < -0.4 is 0 Å². The summed E-state index contributed by atoms with van der Waals surface area (Å²) in [6, 6.07) is 0. The van der Waals surface area contributed by atoms with Crippen molar-refractivity contribution in [2.24, 2.45) is 17.8 Å². The van der Waals surface area contributed by atoms with Crippen LogP contribution in [0.1, 0.15) is 65.2 Å². The van der Waals surface area contributed by atoms with E-state index in [-0.39, 0.29) is 0 Å². The van der Waals surface area contributed by atoms with Gasteiger partial charge in [-0.25, -0.2) is 0 Å². The molecule has 2 heteroatoms. The zero-order valence-corrected chi connectivity index (χ0v) is 13.0. The van der Waals surface area contributed by atoms with E-state index < -0.39 is 13.6 Å². The minimum atomic E-state index is -1.12. The molecule has 2 aliphatic rings. The van der Waals surface area contributed by atoms with Crippen LogP contribution in [0.3, 0.4) is 0 Å². The van der Waals surface area contributed by atoms with Crippen molar-refractivity contribution < 1.29 is 17.5 Å². The van der Waals surface area contributed by atoms with Gasteiger partial charge in [0.1, 0.15) is 0 Å². The van der Waals surface area contributed by atoms with Gasteiger partial charge in [0.2, 0.25) is 0 Å². The van der Waals surface area contributed by atoms with Gasteiger partial charge in [-0.1, -0.05) is 0 Å². The number of allylic oxidation sites excluding steroid dienone is 1. The first-order valence-corrected chi connectivity index (χ1v) is 9.07. The molecule has 1 nitrogen and oxygen atoms in total. The van der Waals surface area contributed by atoms with Gasteiger partial charge in [-0.3, -0.25) is 0 Å². The van der Waals surface area contributed by atoms with Gasteiger partial charge in [0.05, 0.1) is 0 Å². The Labute approximate surface area is 116 Å². The van der Waals surface area contributed by atoms with Gasteiger partial charge in [0.15, 0.2) is 0 Å². The van der Waals surface area contributed by atoms with Crippen molar-refractivity contribution in [3.05, 3.63) is 11.1 Å². The molecule has 0 spiro atoms. The Kier molecular flexibility index (Phi) is 5.20. The molecule has 0 aromatic rings. The average Bonchev–Trinajstić information content (AvgIpc) is 2.39. The summed E-state index contributed by atoms with van der Waals surface area (Å²) in [5, 5.41) is 0. The van der Waals surface area contributed by atoms with E-state index in [1.165, 1.54) is 51.4 Å². The van der Waals surface area contributed by atoms with Gasteiger partial charge >= 0.3 is 116 Å². The molecule has 0 atom stereocenters. The summed E-state index contributed by atoms with van der Waals surface area (Å²) in [5.74, 6) is 2.86. The van der Waals surface area contributed by atoms with Crippen LogP contribution in [-0.4, -0.2) is 0 Å². The van der Waals surface area contributed by atoms with E-state index in [0.717, 1.165) is 22.3 Å². The molecule has 0 bridgehead atoms. The first-order valence-electron chi connectivity index (χ1n) is 7.53. The first kappa shape index (κ1) is 14.5. The van der Waals surface area contributed by atoms with Crippen molar-refractivity contribution >= 4 is 0 Å². The molecular weight excluding hydrogens is 267 g/mol. The molecule has 0 unspecified atom stereocenters. The Morgan fingerprint density at radius 2 is 1.39 bits per heavy atom. The predicted octanol–water partition coefficient (Wildman–Crippen LogP) is 5.29. The van der Waals surface area contributed by atoms with Gasteiger partial charge in [-0.05, 0) is 0 Å². The normalized spacial score (nSPS) is 38.2. The topological polar surface area (TPSA) is 17.1 Å². The minimum absolute atomic E-state index is 0.439. The monoisotopic (exact) mass is 295 g/mol. The molecule has 0 aliphatic heterocycles. The maximum absolute atomic E-state index is 12.1. The molecule has 0 radical (unpaired) electrons. The van der Waals surface area contributed by atoms with Crippen LogP contribution in [0.2, 0.25) is 4.85 Å². The van der Waals surface area contributed by atoms with Gasteiger partial charge < -0.3 is 0 Å². The molecule has 0 N–H and O–H groups in total. The van der Waals surface area contributed by atoms with Gasteiger partial charge in [-0.15, -0.1) is 0 Å². The second-order valence-electron chi connectivity index (χ2n) is 6.38. The first-order chi connectivity index (χ1) is 8.58. The van der Waals surface area contributed by atoms with Crippen molar-refractivity contribution in [1.29, 1.82) is 0 Å². The van der Waals surface area contributed by atoms with Crippen LogP contribution in [0, 0.1) is 17.8 Å². The molecule has 2 aliphatic carbocycles. The number of rotatable bonds is 3. The van der Waals surface area contributed by atoms with Gasteiger partial charge in [-0.2, -0.15) is 0 Å². The number of hydrogen-bond donors (Lipinski definition) is 0. The summed E-state index contributed by atoms with van der Waals surface area (Å²) >= 11 is -1.12. The summed E-state index contributed by atoms with van der Waals surface area (Å²) < 4.78 is 13.0. The molecule has 2 saturated carbocycles. The Morgan fingerprint density at radius 3 is 1.83 bits per heavy atom. The molecule has 0 amide bonds. The van der Waals surface area contributed by atoms with Crippen molar-refractivity contribution in [2.75, 3.05) is 0 Å². The zero-order valence-electron chi connectivity index (χ0n) is 11.9. The van der Waals surface area contributed by atoms with Crippen molar-refractivity contribution in [3.63, 3.8) is 0 Å². The van der Waals surface area contributed by atoms with E-state index in [1.807, 2.05) is 6.92 Å². The molecule has 0 saturated heterocycles. The third-order valence-electron chi connectivity index (χ3n) is 4.93. The van der Waals surface area contributed by atoms with E-state index in [9.17, 15) is 3.87 Å². The van der Waals surface area contributed by atoms with Crippen molar-refractivity contribution in [2.45, 2.75) is 70.1 Å². The second-order valence-corrected chi connectivity index (χ2v) is 8.87. The third kappa shape index (κ3) is 3.54. The average molecular weight is 295 g/mol. The Hall–Kier alpha value is 0.0465. The predicted molar refractivity (Wildman–Crippen MR) is 72.3 cm³/mol. The fourth-order valence-electron chi connectivity index (χ4n) is 3.70. The van der Waals surface area contributed by atoms with Crippen LogP contribution in [0.25, 0.3) is 0 Å². The van der Waals surface area contributed by atoms with E-state index >= 15 is 0 Å². The van der Waals surface area contributed by atoms with E-state index in [2.05, 4.69) is 13.5 Å². The van der Waals surface area contributed by atoms with Crippen molar-refractivity contribution in [3.8, 4) is 0 Å². The Bertz CT molecular complexity index is 307. The summed E-state index contributed by atoms with van der Waals surface area (Å²) in [4.78, 5) is 0.439. The van der Waals surface area contributed by atoms with Crippen LogP contribution in [0.15, 0.2) is 11.1 Å². The van der Waals surface area contributed by atoms with Gasteiger partial charge in [0, 0.05) is 0 Å². The summed E-state index contributed by atoms with van der Waals surface area (Å²) in [5.41, 5.74) is 0. The van der Waals surface area contributed by atoms with E-state index in [0.29, 0.717) is 4.85 Å². The van der Waals surface area contributed by atoms with E-state index in [1.54, 1.807) is 0 Å². The molecule has 107 valence electrons. The standard InChI is InChI=1S/C13H23.C3H5.Co.O/c1-11-7-9-13(10-8-11)12-5-3-2-4-6-12;1-3-2;;/h2,11-13H,3-10H2,1H3;1H2,2H3;;. The summed E-state index contributed by atoms with van der Waals surface area (Å²) in [7, 11) is 0. The molecule has 2 rings (SSSR count). The zero-order chi connectivity index (χ0) is 13.1. The molecule has 0 aromatic heterocycles.